The number of anilines is 1. The Bertz CT molecular complexity index is 594. The van der Waals surface area contributed by atoms with Crippen molar-refractivity contribution in [3.05, 3.63) is 16.3 Å². The van der Waals surface area contributed by atoms with Crippen LogP contribution in [-0.4, -0.2) is 45.9 Å². The maximum absolute atomic E-state index is 11.9. The van der Waals surface area contributed by atoms with E-state index >= 15 is 0 Å². The molecule has 3 rings (SSSR count). The van der Waals surface area contributed by atoms with Gasteiger partial charge in [0.1, 0.15) is 5.60 Å². The first-order valence-corrected chi connectivity index (χ1v) is 7.99. The quantitative estimate of drug-likeness (QED) is 0.905. The Kier molecular flexibility index (Phi) is 3.89. The number of aromatic nitrogens is 2. The second-order valence-corrected chi connectivity index (χ2v) is 7.23. The molecule has 1 aliphatic heterocycles. The van der Waals surface area contributed by atoms with Crippen molar-refractivity contribution in [3.63, 3.8) is 0 Å². The van der Waals surface area contributed by atoms with Crippen LogP contribution >= 0.6 is 11.6 Å². The fourth-order valence-electron chi connectivity index (χ4n) is 2.80. The first kappa shape index (κ1) is 15.3. The summed E-state index contributed by atoms with van der Waals surface area (Å²) in [5.74, 6) is 0.811. The third-order valence-corrected chi connectivity index (χ3v) is 4.17. The first-order chi connectivity index (χ1) is 10.3. The number of fused-ring (bicyclic) bond motifs is 1. The minimum atomic E-state index is -0.460. The molecule has 0 spiro atoms. The molecule has 1 aromatic heterocycles. The SMILES string of the molecule is CC(C)(C)OC(=O)N1CC(Nc2nnc(Cl)c3c2CCC3)C1. The fraction of sp³-hybridized carbons (Fsp3) is 0.667. The Balaban J connectivity index is 1.57. The summed E-state index contributed by atoms with van der Waals surface area (Å²) < 4.78 is 5.34. The number of rotatable bonds is 2. The fourth-order valence-corrected chi connectivity index (χ4v) is 3.05. The van der Waals surface area contributed by atoms with Crippen LogP contribution in [0.25, 0.3) is 0 Å². The van der Waals surface area contributed by atoms with E-state index in [1.165, 1.54) is 5.56 Å². The molecule has 2 aliphatic rings. The Morgan fingerprint density at radius 2 is 1.95 bits per heavy atom. The highest BCUT2D eigenvalue weighted by Gasteiger charge is 2.34. The number of halogens is 1. The number of carbonyl (C=O) groups excluding carboxylic acids is 1. The van der Waals surface area contributed by atoms with E-state index in [0.29, 0.717) is 18.2 Å². The molecular formula is C15H21ClN4O2. The van der Waals surface area contributed by atoms with Crippen molar-refractivity contribution in [3.8, 4) is 0 Å². The number of nitrogens with one attached hydrogen (secondary N) is 1. The summed E-state index contributed by atoms with van der Waals surface area (Å²) in [6.07, 6.45) is 2.77. The number of nitrogens with zero attached hydrogens (tertiary/aromatic N) is 3. The van der Waals surface area contributed by atoms with E-state index in [1.807, 2.05) is 20.8 Å². The van der Waals surface area contributed by atoms with Gasteiger partial charge in [0.2, 0.25) is 0 Å². The molecule has 6 nitrogen and oxygen atoms in total. The zero-order chi connectivity index (χ0) is 15.9. The Morgan fingerprint density at radius 1 is 1.27 bits per heavy atom. The number of likely N-dealkylation sites (tertiary alicyclic amines) is 1. The van der Waals surface area contributed by atoms with Crippen molar-refractivity contribution >= 4 is 23.5 Å². The molecule has 1 amide bonds. The molecule has 1 N–H and O–H groups in total. The monoisotopic (exact) mass is 324 g/mol. The summed E-state index contributed by atoms with van der Waals surface area (Å²) in [5.41, 5.74) is 1.83. The van der Waals surface area contributed by atoms with Crippen LogP contribution in [0.3, 0.4) is 0 Å². The molecule has 0 unspecified atom stereocenters. The van der Waals surface area contributed by atoms with Crippen LogP contribution in [-0.2, 0) is 17.6 Å². The van der Waals surface area contributed by atoms with Crippen molar-refractivity contribution in [1.29, 1.82) is 0 Å². The van der Waals surface area contributed by atoms with Gasteiger partial charge in [-0.2, -0.15) is 0 Å². The normalized spacial score (nSPS) is 17.9. The van der Waals surface area contributed by atoms with Crippen molar-refractivity contribution in [2.24, 2.45) is 0 Å². The van der Waals surface area contributed by atoms with Gasteiger partial charge in [-0.05, 0) is 45.6 Å². The van der Waals surface area contributed by atoms with E-state index in [4.69, 9.17) is 16.3 Å². The summed E-state index contributed by atoms with van der Waals surface area (Å²) in [6.45, 7) is 6.84. The molecule has 1 aromatic rings. The predicted molar refractivity (Wildman–Crippen MR) is 84.3 cm³/mol. The lowest BCUT2D eigenvalue weighted by Crippen LogP contribution is -2.58. The van der Waals surface area contributed by atoms with Crippen LogP contribution in [0.5, 0.6) is 0 Å². The number of hydrogen-bond donors (Lipinski definition) is 1. The minimum Gasteiger partial charge on any atom is -0.444 e. The zero-order valence-electron chi connectivity index (χ0n) is 13.1. The van der Waals surface area contributed by atoms with E-state index in [0.717, 1.165) is 30.6 Å². The number of carbonyl (C=O) groups is 1. The highest BCUT2D eigenvalue weighted by molar-refractivity contribution is 6.30. The molecule has 0 saturated carbocycles. The van der Waals surface area contributed by atoms with Crippen LogP contribution < -0.4 is 5.32 Å². The summed E-state index contributed by atoms with van der Waals surface area (Å²) in [7, 11) is 0. The van der Waals surface area contributed by atoms with Gasteiger partial charge in [-0.1, -0.05) is 11.6 Å². The molecule has 1 fully saturated rings. The molecule has 1 saturated heterocycles. The molecule has 0 atom stereocenters. The van der Waals surface area contributed by atoms with Gasteiger partial charge in [0.05, 0.1) is 6.04 Å². The molecule has 2 heterocycles. The third kappa shape index (κ3) is 3.11. The van der Waals surface area contributed by atoms with Gasteiger partial charge in [-0.3, -0.25) is 0 Å². The van der Waals surface area contributed by atoms with Crippen LogP contribution in [0.2, 0.25) is 5.15 Å². The average molecular weight is 325 g/mol. The third-order valence-electron chi connectivity index (χ3n) is 3.86. The highest BCUT2D eigenvalue weighted by atomic mass is 35.5. The van der Waals surface area contributed by atoms with E-state index in [9.17, 15) is 4.79 Å². The highest BCUT2D eigenvalue weighted by Crippen LogP contribution is 2.32. The van der Waals surface area contributed by atoms with Crippen molar-refractivity contribution in [1.82, 2.24) is 15.1 Å². The average Bonchev–Trinajstić information content (AvgIpc) is 2.83. The standard InChI is InChI=1S/C15H21ClN4O2/c1-15(2,3)22-14(21)20-7-9(8-20)17-13-11-6-4-5-10(11)12(16)18-19-13/h9H,4-8H2,1-3H3,(H,17,19). The minimum absolute atomic E-state index is 0.188. The predicted octanol–water partition coefficient (Wildman–Crippen LogP) is 2.65. The van der Waals surface area contributed by atoms with E-state index in [1.54, 1.807) is 4.90 Å². The van der Waals surface area contributed by atoms with Gasteiger partial charge in [0, 0.05) is 18.7 Å². The van der Waals surface area contributed by atoms with Crippen LogP contribution in [0.15, 0.2) is 0 Å². The van der Waals surface area contributed by atoms with Gasteiger partial charge in [0.15, 0.2) is 11.0 Å². The van der Waals surface area contributed by atoms with Crippen molar-refractivity contribution in [2.45, 2.75) is 51.7 Å². The largest absolute Gasteiger partial charge is 0.444 e. The van der Waals surface area contributed by atoms with Crippen LogP contribution in [0.4, 0.5) is 10.6 Å². The van der Waals surface area contributed by atoms with E-state index < -0.39 is 5.60 Å². The van der Waals surface area contributed by atoms with E-state index in [-0.39, 0.29) is 12.1 Å². The number of amides is 1. The number of hydrogen-bond acceptors (Lipinski definition) is 5. The van der Waals surface area contributed by atoms with E-state index in [2.05, 4.69) is 15.5 Å². The smallest absolute Gasteiger partial charge is 0.410 e. The van der Waals surface area contributed by atoms with Gasteiger partial charge in [0.25, 0.3) is 0 Å². The number of ether oxygens (including phenoxy) is 1. The Morgan fingerprint density at radius 3 is 2.64 bits per heavy atom. The Labute approximate surface area is 135 Å². The molecular weight excluding hydrogens is 304 g/mol. The first-order valence-electron chi connectivity index (χ1n) is 7.62. The van der Waals surface area contributed by atoms with Crippen LogP contribution in [0, 0.1) is 0 Å². The second kappa shape index (κ2) is 5.57. The zero-order valence-corrected chi connectivity index (χ0v) is 13.9. The molecule has 0 radical (unpaired) electrons. The van der Waals surface area contributed by atoms with Gasteiger partial charge in [-0.15, -0.1) is 10.2 Å². The molecule has 1 aliphatic carbocycles. The van der Waals surface area contributed by atoms with Crippen molar-refractivity contribution < 1.29 is 9.53 Å². The van der Waals surface area contributed by atoms with Gasteiger partial charge in [-0.25, -0.2) is 4.79 Å². The lowest BCUT2D eigenvalue weighted by Gasteiger charge is -2.40. The molecule has 22 heavy (non-hydrogen) atoms. The lowest BCUT2D eigenvalue weighted by atomic mass is 10.1. The molecule has 0 bridgehead atoms. The summed E-state index contributed by atoms with van der Waals surface area (Å²) in [6, 6.07) is 0.188. The summed E-state index contributed by atoms with van der Waals surface area (Å²) in [4.78, 5) is 13.6. The molecule has 7 heteroatoms. The molecule has 0 aromatic carbocycles. The maximum atomic E-state index is 11.9. The van der Waals surface area contributed by atoms with Gasteiger partial charge < -0.3 is 15.0 Å². The van der Waals surface area contributed by atoms with Crippen molar-refractivity contribution in [2.75, 3.05) is 18.4 Å². The maximum Gasteiger partial charge on any atom is 0.410 e. The second-order valence-electron chi connectivity index (χ2n) is 6.88. The van der Waals surface area contributed by atoms with Gasteiger partial charge >= 0.3 is 6.09 Å². The lowest BCUT2D eigenvalue weighted by molar-refractivity contribution is 0.0104. The molecule has 120 valence electrons. The van der Waals surface area contributed by atoms with Crippen LogP contribution in [0.1, 0.15) is 38.3 Å². The Hall–Kier alpha value is -1.56. The summed E-state index contributed by atoms with van der Waals surface area (Å²) >= 11 is 6.08. The topological polar surface area (TPSA) is 67.3 Å². The summed E-state index contributed by atoms with van der Waals surface area (Å²) in [5, 5.41) is 12.1.